The zero-order chi connectivity index (χ0) is 13.3. The smallest absolute Gasteiger partial charge is 0.213 e. The summed E-state index contributed by atoms with van der Waals surface area (Å²) in [4.78, 5) is 4.28. The quantitative estimate of drug-likeness (QED) is 0.766. The van der Waals surface area contributed by atoms with Gasteiger partial charge in [0.2, 0.25) is 5.88 Å². The molecule has 1 aliphatic heterocycles. The van der Waals surface area contributed by atoms with E-state index in [0.717, 1.165) is 25.2 Å². The first-order chi connectivity index (χ1) is 9.38. The summed E-state index contributed by atoms with van der Waals surface area (Å²) in [6.45, 7) is 3.33. The minimum atomic E-state index is 0.532. The van der Waals surface area contributed by atoms with Gasteiger partial charge in [0, 0.05) is 19.2 Å². The van der Waals surface area contributed by atoms with Crippen molar-refractivity contribution in [3.8, 4) is 5.88 Å². The lowest BCUT2D eigenvalue weighted by Crippen LogP contribution is -2.21. The van der Waals surface area contributed by atoms with Gasteiger partial charge in [-0.3, -0.25) is 0 Å². The van der Waals surface area contributed by atoms with E-state index in [1.807, 2.05) is 18.3 Å². The van der Waals surface area contributed by atoms with Crippen LogP contribution in [0.5, 0.6) is 5.88 Å². The average Bonchev–Trinajstić information content (AvgIpc) is 2.70. The van der Waals surface area contributed by atoms with Crippen molar-refractivity contribution in [1.82, 2.24) is 10.3 Å². The fourth-order valence-corrected chi connectivity index (χ4v) is 2.18. The largest absolute Gasteiger partial charge is 0.475 e. The highest BCUT2D eigenvalue weighted by Crippen LogP contribution is 2.16. The first-order valence-corrected chi connectivity index (χ1v) is 6.93. The molecule has 1 unspecified atom stereocenters. The molecule has 1 fully saturated rings. The molecule has 2 rings (SSSR count). The Labute approximate surface area is 114 Å². The molecule has 5 heteroatoms. The van der Waals surface area contributed by atoms with Crippen molar-refractivity contribution in [3.63, 3.8) is 0 Å². The Hall–Kier alpha value is -1.33. The van der Waals surface area contributed by atoms with Crippen molar-refractivity contribution in [2.45, 2.75) is 25.3 Å². The number of ether oxygens (including phenoxy) is 2. The van der Waals surface area contributed by atoms with Gasteiger partial charge in [-0.2, -0.15) is 0 Å². The Kier molecular flexibility index (Phi) is 5.91. The van der Waals surface area contributed by atoms with Crippen LogP contribution in [0.4, 0.5) is 5.69 Å². The van der Waals surface area contributed by atoms with Crippen LogP contribution in [-0.2, 0) is 4.74 Å². The van der Waals surface area contributed by atoms with E-state index in [0.29, 0.717) is 25.1 Å². The molecule has 2 N–H and O–H groups in total. The molecule has 0 amide bonds. The summed E-state index contributed by atoms with van der Waals surface area (Å²) in [7, 11) is 1.66. The Balaban J connectivity index is 1.80. The number of hydrogen-bond donors (Lipinski definition) is 2. The van der Waals surface area contributed by atoms with Gasteiger partial charge >= 0.3 is 0 Å². The summed E-state index contributed by atoms with van der Waals surface area (Å²) in [6.07, 6.45) is 5.43. The first-order valence-electron chi connectivity index (χ1n) is 6.93. The maximum atomic E-state index is 5.44. The average molecular weight is 265 g/mol. The van der Waals surface area contributed by atoms with Gasteiger partial charge in [0.1, 0.15) is 6.61 Å². The third kappa shape index (κ3) is 5.04. The maximum absolute atomic E-state index is 5.44. The van der Waals surface area contributed by atoms with E-state index in [1.165, 1.54) is 12.8 Å². The molecule has 1 aliphatic rings. The summed E-state index contributed by atoms with van der Waals surface area (Å²) in [5.41, 5.74) is 1.06. The number of methoxy groups -OCH3 is 1. The molecule has 0 spiro atoms. The second kappa shape index (κ2) is 7.96. The Morgan fingerprint density at radius 2 is 2.26 bits per heavy atom. The Bertz CT molecular complexity index is 348. The molecule has 19 heavy (non-hydrogen) atoms. The Morgan fingerprint density at radius 1 is 1.32 bits per heavy atom. The molecule has 0 bridgehead atoms. The fraction of sp³-hybridized carbons (Fsp3) is 0.643. The maximum Gasteiger partial charge on any atom is 0.213 e. The normalized spacial score (nSPS) is 19.7. The van der Waals surface area contributed by atoms with Crippen molar-refractivity contribution in [3.05, 3.63) is 18.3 Å². The van der Waals surface area contributed by atoms with Gasteiger partial charge < -0.3 is 20.1 Å². The van der Waals surface area contributed by atoms with Gasteiger partial charge in [-0.1, -0.05) is 0 Å². The lowest BCUT2D eigenvalue weighted by atomic mass is 10.1. The number of aromatic nitrogens is 1. The van der Waals surface area contributed by atoms with E-state index in [1.54, 1.807) is 7.11 Å². The van der Waals surface area contributed by atoms with Gasteiger partial charge in [-0.25, -0.2) is 4.98 Å². The molecular formula is C14H23N3O2. The van der Waals surface area contributed by atoms with Gasteiger partial charge in [-0.05, 0) is 38.4 Å². The molecule has 2 heterocycles. The molecular weight excluding hydrogens is 242 g/mol. The molecule has 5 nitrogen and oxygen atoms in total. The summed E-state index contributed by atoms with van der Waals surface area (Å²) >= 11 is 0. The van der Waals surface area contributed by atoms with E-state index in [4.69, 9.17) is 9.47 Å². The molecule has 1 aromatic heterocycles. The van der Waals surface area contributed by atoms with Crippen LogP contribution in [0.15, 0.2) is 18.3 Å². The predicted octanol–water partition coefficient (Wildman–Crippen LogP) is 1.66. The minimum Gasteiger partial charge on any atom is -0.475 e. The minimum absolute atomic E-state index is 0.532. The monoisotopic (exact) mass is 265 g/mol. The number of anilines is 1. The van der Waals surface area contributed by atoms with E-state index >= 15 is 0 Å². The highest BCUT2D eigenvalue weighted by molar-refractivity contribution is 5.43. The highest BCUT2D eigenvalue weighted by atomic mass is 16.5. The summed E-state index contributed by atoms with van der Waals surface area (Å²) in [5, 5.41) is 6.95. The number of nitrogens with one attached hydrogen (secondary N) is 2. The van der Waals surface area contributed by atoms with Crippen molar-refractivity contribution in [2.24, 2.45) is 0 Å². The fourth-order valence-electron chi connectivity index (χ4n) is 2.18. The lowest BCUT2D eigenvalue weighted by molar-refractivity contribution is 0.144. The summed E-state index contributed by atoms with van der Waals surface area (Å²) < 4.78 is 10.4. The second-order valence-electron chi connectivity index (χ2n) is 4.75. The molecule has 0 radical (unpaired) electrons. The van der Waals surface area contributed by atoms with Crippen molar-refractivity contribution in [2.75, 3.05) is 38.7 Å². The van der Waals surface area contributed by atoms with Crippen LogP contribution >= 0.6 is 0 Å². The number of hydrogen-bond acceptors (Lipinski definition) is 5. The molecule has 0 aliphatic carbocycles. The van der Waals surface area contributed by atoms with Gasteiger partial charge in [0.15, 0.2) is 0 Å². The number of nitrogens with zero attached hydrogens (tertiary/aromatic N) is 1. The molecule has 1 atom stereocenters. The van der Waals surface area contributed by atoms with Crippen LogP contribution in [-0.4, -0.2) is 44.4 Å². The third-order valence-electron chi connectivity index (χ3n) is 3.22. The zero-order valence-electron chi connectivity index (χ0n) is 11.5. The SMILES string of the molecule is COCCOc1ccc(NC2CCCNCC2)cn1. The van der Waals surface area contributed by atoms with Crippen LogP contribution in [0.25, 0.3) is 0 Å². The van der Waals surface area contributed by atoms with Crippen molar-refractivity contribution >= 4 is 5.69 Å². The molecule has 1 saturated heterocycles. The van der Waals surface area contributed by atoms with E-state index in [9.17, 15) is 0 Å². The number of rotatable bonds is 6. The topological polar surface area (TPSA) is 55.4 Å². The third-order valence-corrected chi connectivity index (χ3v) is 3.22. The van der Waals surface area contributed by atoms with Crippen molar-refractivity contribution < 1.29 is 9.47 Å². The van der Waals surface area contributed by atoms with E-state index in [-0.39, 0.29) is 0 Å². The summed E-state index contributed by atoms with van der Waals surface area (Å²) in [5.74, 6) is 0.644. The first kappa shape index (κ1) is 14.1. The lowest BCUT2D eigenvalue weighted by Gasteiger charge is -2.17. The van der Waals surface area contributed by atoms with E-state index in [2.05, 4.69) is 15.6 Å². The standard InChI is InChI=1S/C14H23N3O2/c1-18-9-10-19-14-5-4-13(11-16-14)17-12-3-2-7-15-8-6-12/h4-5,11-12,15,17H,2-3,6-10H2,1H3. The molecule has 0 saturated carbocycles. The molecule has 106 valence electrons. The van der Waals surface area contributed by atoms with Crippen LogP contribution in [0.2, 0.25) is 0 Å². The van der Waals surface area contributed by atoms with Gasteiger partial charge in [0.25, 0.3) is 0 Å². The van der Waals surface area contributed by atoms with Crippen LogP contribution in [0.1, 0.15) is 19.3 Å². The predicted molar refractivity (Wildman–Crippen MR) is 75.7 cm³/mol. The molecule has 0 aromatic carbocycles. The highest BCUT2D eigenvalue weighted by Gasteiger charge is 2.11. The molecule has 1 aromatic rings. The van der Waals surface area contributed by atoms with E-state index < -0.39 is 0 Å². The van der Waals surface area contributed by atoms with Crippen molar-refractivity contribution in [1.29, 1.82) is 0 Å². The summed E-state index contributed by atoms with van der Waals surface area (Å²) in [6, 6.07) is 4.46. The second-order valence-corrected chi connectivity index (χ2v) is 4.75. The van der Waals surface area contributed by atoms with Gasteiger partial charge in [0.05, 0.1) is 18.5 Å². The zero-order valence-corrected chi connectivity index (χ0v) is 11.5. The van der Waals surface area contributed by atoms with Crippen LogP contribution < -0.4 is 15.4 Å². The number of pyridine rings is 1. The Morgan fingerprint density at radius 3 is 3.05 bits per heavy atom. The van der Waals surface area contributed by atoms with Crippen LogP contribution in [0.3, 0.4) is 0 Å². The van der Waals surface area contributed by atoms with Gasteiger partial charge in [-0.15, -0.1) is 0 Å². The van der Waals surface area contributed by atoms with Crippen LogP contribution in [0, 0.1) is 0 Å².